The quantitative estimate of drug-likeness (QED) is 0.794. The van der Waals surface area contributed by atoms with E-state index in [-0.39, 0.29) is 11.5 Å². The third-order valence-corrected chi connectivity index (χ3v) is 3.58. The van der Waals surface area contributed by atoms with E-state index in [1.807, 2.05) is 13.8 Å². The lowest BCUT2D eigenvalue weighted by molar-refractivity contribution is 0.0280. The highest BCUT2D eigenvalue weighted by molar-refractivity contribution is 4.91. The molecule has 0 aromatic carbocycles. The highest BCUT2D eigenvalue weighted by Gasteiger charge is 2.24. The largest absolute Gasteiger partial charge is 0.392 e. The normalized spacial score (nSPS) is 27.7. The van der Waals surface area contributed by atoms with Crippen LogP contribution in [-0.4, -0.2) is 35.7 Å². The SMILES string of the molecule is CC1CCN(CCCC(C)(C)C#N)CC1O. The predicted molar refractivity (Wildman–Crippen MR) is 64.9 cm³/mol. The predicted octanol–water partition coefficient (Wildman–Crippen LogP) is 2.02. The molecule has 1 saturated heterocycles. The van der Waals surface area contributed by atoms with Crippen LogP contribution in [0.25, 0.3) is 0 Å². The van der Waals surface area contributed by atoms with Crippen molar-refractivity contribution >= 4 is 0 Å². The summed E-state index contributed by atoms with van der Waals surface area (Å²) in [6.45, 7) is 8.98. The second-order valence-corrected chi connectivity index (χ2v) is 5.73. The molecule has 3 nitrogen and oxygen atoms in total. The monoisotopic (exact) mass is 224 g/mol. The van der Waals surface area contributed by atoms with Crippen molar-refractivity contribution in [2.45, 2.75) is 46.1 Å². The zero-order valence-corrected chi connectivity index (χ0v) is 10.7. The molecule has 1 rings (SSSR count). The van der Waals surface area contributed by atoms with Crippen LogP contribution < -0.4 is 0 Å². The minimum Gasteiger partial charge on any atom is -0.392 e. The van der Waals surface area contributed by atoms with Crippen LogP contribution in [-0.2, 0) is 0 Å². The smallest absolute Gasteiger partial charge is 0.0693 e. The second kappa shape index (κ2) is 5.65. The third-order valence-electron chi connectivity index (χ3n) is 3.58. The third kappa shape index (κ3) is 4.11. The summed E-state index contributed by atoms with van der Waals surface area (Å²) >= 11 is 0. The first-order valence-electron chi connectivity index (χ1n) is 6.26. The molecule has 1 heterocycles. The van der Waals surface area contributed by atoms with Gasteiger partial charge in [0, 0.05) is 6.54 Å². The van der Waals surface area contributed by atoms with E-state index in [0.29, 0.717) is 5.92 Å². The molecule has 92 valence electrons. The van der Waals surface area contributed by atoms with E-state index in [1.165, 1.54) is 0 Å². The molecule has 1 N–H and O–H groups in total. The van der Waals surface area contributed by atoms with E-state index in [0.717, 1.165) is 38.9 Å². The van der Waals surface area contributed by atoms with Crippen molar-refractivity contribution in [2.75, 3.05) is 19.6 Å². The number of hydrogen-bond donors (Lipinski definition) is 1. The molecule has 2 atom stereocenters. The molecule has 3 heteroatoms. The lowest BCUT2D eigenvalue weighted by Crippen LogP contribution is -2.43. The molecule has 1 fully saturated rings. The highest BCUT2D eigenvalue weighted by Crippen LogP contribution is 2.22. The Morgan fingerprint density at radius 3 is 2.75 bits per heavy atom. The summed E-state index contributed by atoms with van der Waals surface area (Å²) in [6, 6.07) is 2.33. The number of nitrogens with zero attached hydrogens (tertiary/aromatic N) is 2. The van der Waals surface area contributed by atoms with E-state index in [2.05, 4.69) is 17.9 Å². The van der Waals surface area contributed by atoms with Gasteiger partial charge in [-0.3, -0.25) is 0 Å². The average molecular weight is 224 g/mol. The topological polar surface area (TPSA) is 47.3 Å². The molecule has 0 saturated carbocycles. The molecule has 1 aliphatic heterocycles. The maximum atomic E-state index is 9.76. The van der Waals surface area contributed by atoms with Gasteiger partial charge in [-0.05, 0) is 52.1 Å². The van der Waals surface area contributed by atoms with Crippen molar-refractivity contribution in [1.29, 1.82) is 5.26 Å². The van der Waals surface area contributed by atoms with Crippen LogP contribution in [0.2, 0.25) is 0 Å². The van der Waals surface area contributed by atoms with Gasteiger partial charge < -0.3 is 10.0 Å². The van der Waals surface area contributed by atoms with Crippen molar-refractivity contribution in [1.82, 2.24) is 4.90 Å². The van der Waals surface area contributed by atoms with Crippen molar-refractivity contribution in [2.24, 2.45) is 11.3 Å². The van der Waals surface area contributed by atoms with Gasteiger partial charge in [0.2, 0.25) is 0 Å². The highest BCUT2D eigenvalue weighted by atomic mass is 16.3. The molecule has 0 aromatic rings. The van der Waals surface area contributed by atoms with Gasteiger partial charge >= 0.3 is 0 Å². The first-order chi connectivity index (χ1) is 7.44. The van der Waals surface area contributed by atoms with Gasteiger partial charge in [-0.25, -0.2) is 0 Å². The molecule has 2 unspecified atom stereocenters. The minimum absolute atomic E-state index is 0.169. The lowest BCUT2D eigenvalue weighted by Gasteiger charge is -2.34. The lowest BCUT2D eigenvalue weighted by atomic mass is 9.89. The van der Waals surface area contributed by atoms with Crippen LogP contribution >= 0.6 is 0 Å². The van der Waals surface area contributed by atoms with Gasteiger partial charge in [0.25, 0.3) is 0 Å². The Labute approximate surface area is 99.1 Å². The summed E-state index contributed by atoms with van der Waals surface area (Å²) in [5.41, 5.74) is -0.207. The van der Waals surface area contributed by atoms with Crippen LogP contribution in [0.15, 0.2) is 0 Å². The zero-order chi connectivity index (χ0) is 12.2. The Hall–Kier alpha value is -0.590. The Morgan fingerprint density at radius 1 is 1.50 bits per heavy atom. The molecule has 0 radical (unpaired) electrons. The standard InChI is InChI=1S/C13H24N2O/c1-11-5-8-15(9-12(11)16)7-4-6-13(2,3)10-14/h11-12,16H,4-9H2,1-3H3. The summed E-state index contributed by atoms with van der Waals surface area (Å²) in [5.74, 6) is 0.437. The van der Waals surface area contributed by atoms with E-state index in [4.69, 9.17) is 5.26 Å². The average Bonchev–Trinajstić information content (AvgIpc) is 2.23. The summed E-state index contributed by atoms with van der Waals surface area (Å²) in [4.78, 5) is 2.32. The van der Waals surface area contributed by atoms with Crippen LogP contribution in [0.4, 0.5) is 0 Å². The van der Waals surface area contributed by atoms with E-state index >= 15 is 0 Å². The molecule has 0 aromatic heterocycles. The fourth-order valence-electron chi connectivity index (χ4n) is 2.12. The Bertz CT molecular complexity index is 257. The molecular formula is C13H24N2O. The number of piperidine rings is 1. The Morgan fingerprint density at radius 2 is 2.19 bits per heavy atom. The Kier molecular flexibility index (Phi) is 4.76. The van der Waals surface area contributed by atoms with Crippen molar-refractivity contribution in [3.8, 4) is 6.07 Å². The fraction of sp³-hybridized carbons (Fsp3) is 0.923. The van der Waals surface area contributed by atoms with E-state index < -0.39 is 0 Å². The molecular weight excluding hydrogens is 200 g/mol. The fourth-order valence-corrected chi connectivity index (χ4v) is 2.12. The number of aliphatic hydroxyl groups excluding tert-OH is 1. The minimum atomic E-state index is -0.207. The summed E-state index contributed by atoms with van der Waals surface area (Å²) in [6.07, 6.45) is 2.90. The second-order valence-electron chi connectivity index (χ2n) is 5.73. The molecule has 1 aliphatic rings. The first-order valence-corrected chi connectivity index (χ1v) is 6.26. The molecule has 16 heavy (non-hydrogen) atoms. The van der Waals surface area contributed by atoms with Crippen LogP contribution in [0.5, 0.6) is 0 Å². The summed E-state index contributed by atoms with van der Waals surface area (Å²) in [5, 5.41) is 18.7. The van der Waals surface area contributed by atoms with Gasteiger partial charge in [-0.2, -0.15) is 5.26 Å². The summed E-state index contributed by atoms with van der Waals surface area (Å²) in [7, 11) is 0. The van der Waals surface area contributed by atoms with Crippen LogP contribution in [0.3, 0.4) is 0 Å². The molecule has 0 spiro atoms. The van der Waals surface area contributed by atoms with Gasteiger partial charge in [0.1, 0.15) is 0 Å². The molecule has 0 bridgehead atoms. The molecule has 0 amide bonds. The summed E-state index contributed by atoms with van der Waals surface area (Å²) < 4.78 is 0. The van der Waals surface area contributed by atoms with E-state index in [9.17, 15) is 5.11 Å². The Balaban J connectivity index is 2.22. The number of likely N-dealkylation sites (tertiary alicyclic amines) is 1. The maximum absolute atomic E-state index is 9.76. The zero-order valence-electron chi connectivity index (χ0n) is 10.7. The number of hydrogen-bond acceptors (Lipinski definition) is 3. The first kappa shape index (κ1) is 13.5. The van der Waals surface area contributed by atoms with Crippen LogP contribution in [0.1, 0.15) is 40.0 Å². The number of β-amino-alcohol motifs (C(OH)–C–C–N with tert-alkyl or cyclic N) is 1. The van der Waals surface area contributed by atoms with Crippen molar-refractivity contribution < 1.29 is 5.11 Å². The maximum Gasteiger partial charge on any atom is 0.0693 e. The molecule has 0 aliphatic carbocycles. The van der Waals surface area contributed by atoms with Gasteiger partial charge in [-0.15, -0.1) is 0 Å². The van der Waals surface area contributed by atoms with Crippen LogP contribution in [0, 0.1) is 22.7 Å². The number of nitriles is 1. The van der Waals surface area contributed by atoms with Gasteiger partial charge in [-0.1, -0.05) is 6.92 Å². The number of aliphatic hydroxyl groups is 1. The number of rotatable bonds is 4. The van der Waals surface area contributed by atoms with Gasteiger partial charge in [0.05, 0.1) is 17.6 Å². The van der Waals surface area contributed by atoms with E-state index in [1.54, 1.807) is 0 Å². The van der Waals surface area contributed by atoms with Crippen molar-refractivity contribution in [3.05, 3.63) is 0 Å². The van der Waals surface area contributed by atoms with Gasteiger partial charge in [0.15, 0.2) is 0 Å². The van der Waals surface area contributed by atoms with Crippen molar-refractivity contribution in [3.63, 3.8) is 0 Å².